The zero-order valence-electron chi connectivity index (χ0n) is 15.3. The number of anilines is 1. The molecule has 3 heterocycles. The highest BCUT2D eigenvalue weighted by Gasteiger charge is 2.44. The first-order chi connectivity index (χ1) is 14.1. The first-order valence-corrected chi connectivity index (χ1v) is 8.94. The maximum atomic E-state index is 12.4. The van der Waals surface area contributed by atoms with Crippen molar-refractivity contribution >= 4 is 22.9 Å². The largest absolute Gasteiger partial charge is 0.388 e. The van der Waals surface area contributed by atoms with Crippen molar-refractivity contribution in [3.63, 3.8) is 0 Å². The van der Waals surface area contributed by atoms with Crippen LogP contribution in [0, 0.1) is 0 Å². The average molecular weight is 395 g/mol. The number of nitrogens with zero attached hydrogens (tertiary/aromatic N) is 8. The van der Waals surface area contributed by atoms with E-state index in [2.05, 4.69) is 35.6 Å². The topological polar surface area (TPSA) is 164 Å². The molecular weight excluding hydrogens is 378 g/mol. The van der Waals surface area contributed by atoms with Crippen LogP contribution in [0.3, 0.4) is 0 Å². The molecule has 1 aromatic carbocycles. The smallest absolute Gasteiger partial charge is 0.256 e. The quantitative estimate of drug-likeness (QED) is 0.378. The van der Waals surface area contributed by atoms with Gasteiger partial charge in [-0.05, 0) is 24.1 Å². The fraction of sp³-hybridized carbons (Fsp3) is 0.353. The van der Waals surface area contributed by atoms with Gasteiger partial charge in [0.15, 0.2) is 23.2 Å². The Morgan fingerprint density at radius 3 is 2.90 bits per heavy atom. The summed E-state index contributed by atoms with van der Waals surface area (Å²) in [5.41, 5.74) is 9.73. The van der Waals surface area contributed by atoms with Crippen molar-refractivity contribution in [2.75, 3.05) is 5.32 Å². The van der Waals surface area contributed by atoms with Crippen LogP contribution >= 0.6 is 0 Å². The Balaban J connectivity index is 1.66. The number of benzene rings is 1. The molecular formula is C17H17N9O3. The molecule has 2 aromatic heterocycles. The first kappa shape index (κ1) is 18.7. The minimum atomic E-state index is -1.13. The molecule has 1 aliphatic heterocycles. The number of carbonyl (C=O) groups is 1. The summed E-state index contributed by atoms with van der Waals surface area (Å²) in [6, 6.07) is 7.91. The van der Waals surface area contributed by atoms with Crippen LogP contribution in [-0.4, -0.2) is 54.2 Å². The van der Waals surface area contributed by atoms with Crippen LogP contribution in [0.25, 0.3) is 21.6 Å². The van der Waals surface area contributed by atoms with Crippen molar-refractivity contribution < 1.29 is 14.6 Å². The van der Waals surface area contributed by atoms with Gasteiger partial charge >= 0.3 is 0 Å². The molecule has 148 valence electrons. The fourth-order valence-electron chi connectivity index (χ4n) is 3.27. The first-order valence-electron chi connectivity index (χ1n) is 8.94. The number of aliphatic hydroxyl groups excluding tert-OH is 1. The second-order valence-corrected chi connectivity index (χ2v) is 6.41. The molecule has 0 radical (unpaired) electrons. The Morgan fingerprint density at radius 2 is 2.17 bits per heavy atom. The average Bonchev–Trinajstić information content (AvgIpc) is 3.31. The van der Waals surface area contributed by atoms with E-state index in [-0.39, 0.29) is 22.9 Å². The Kier molecular flexibility index (Phi) is 5.04. The molecule has 0 saturated carbocycles. The Bertz CT molecular complexity index is 1080. The highest BCUT2D eigenvalue weighted by Crippen LogP contribution is 2.34. The molecule has 4 atom stereocenters. The standard InChI is InChI=1S/C17H17N9O3/c1-2-10-11(22-24-18)13(27)17(29-10)26-15-12(23-25-26)14(19-8-20-15)21-16(28)9-6-4-3-5-7-9/h3-8,10-11,13,17,27H,2H2,1H3,(H,19,20,21,28)/t10-,11-,13-,17-/m1/s1. The summed E-state index contributed by atoms with van der Waals surface area (Å²) in [5, 5.41) is 25.0. The number of aromatic nitrogens is 5. The van der Waals surface area contributed by atoms with E-state index in [0.29, 0.717) is 12.0 Å². The summed E-state index contributed by atoms with van der Waals surface area (Å²) >= 11 is 0. The van der Waals surface area contributed by atoms with E-state index in [0.717, 1.165) is 0 Å². The second kappa shape index (κ2) is 7.80. The molecule has 29 heavy (non-hydrogen) atoms. The van der Waals surface area contributed by atoms with Gasteiger partial charge in [-0.2, -0.15) is 4.68 Å². The molecule has 1 fully saturated rings. The van der Waals surface area contributed by atoms with Crippen molar-refractivity contribution in [1.82, 2.24) is 25.0 Å². The van der Waals surface area contributed by atoms with Crippen LogP contribution in [0.15, 0.2) is 41.8 Å². The third-order valence-electron chi connectivity index (χ3n) is 4.69. The van der Waals surface area contributed by atoms with Crippen LogP contribution in [0.4, 0.5) is 5.82 Å². The van der Waals surface area contributed by atoms with Gasteiger partial charge in [-0.15, -0.1) is 5.10 Å². The number of ether oxygens (including phenoxy) is 1. The molecule has 0 unspecified atom stereocenters. The summed E-state index contributed by atoms with van der Waals surface area (Å²) in [6.07, 6.45) is -0.737. The third-order valence-corrected chi connectivity index (χ3v) is 4.69. The summed E-state index contributed by atoms with van der Waals surface area (Å²) in [4.78, 5) is 23.5. The Morgan fingerprint density at radius 1 is 1.38 bits per heavy atom. The summed E-state index contributed by atoms with van der Waals surface area (Å²) in [5.74, 6) is -0.173. The molecule has 0 bridgehead atoms. The van der Waals surface area contributed by atoms with Crippen LogP contribution in [0.5, 0.6) is 0 Å². The zero-order valence-corrected chi connectivity index (χ0v) is 15.3. The minimum absolute atomic E-state index is 0.182. The van der Waals surface area contributed by atoms with Crippen molar-refractivity contribution in [2.45, 2.75) is 37.8 Å². The summed E-state index contributed by atoms with van der Waals surface area (Å²) in [7, 11) is 0. The predicted octanol–water partition coefficient (Wildman–Crippen LogP) is 1.82. The second-order valence-electron chi connectivity index (χ2n) is 6.41. The lowest BCUT2D eigenvalue weighted by molar-refractivity contribution is -0.0435. The maximum absolute atomic E-state index is 12.4. The van der Waals surface area contributed by atoms with E-state index < -0.39 is 24.5 Å². The van der Waals surface area contributed by atoms with E-state index in [4.69, 9.17) is 10.3 Å². The van der Waals surface area contributed by atoms with E-state index in [9.17, 15) is 9.90 Å². The predicted molar refractivity (Wildman–Crippen MR) is 101 cm³/mol. The van der Waals surface area contributed by atoms with Crippen LogP contribution < -0.4 is 5.32 Å². The molecule has 0 aliphatic carbocycles. The van der Waals surface area contributed by atoms with Crippen LogP contribution in [0.2, 0.25) is 0 Å². The van der Waals surface area contributed by atoms with Gasteiger partial charge in [-0.25, -0.2) is 9.97 Å². The summed E-state index contributed by atoms with van der Waals surface area (Å²) in [6.45, 7) is 1.86. The number of amides is 1. The van der Waals surface area contributed by atoms with Gasteiger partial charge in [0.2, 0.25) is 0 Å². The number of aliphatic hydroxyl groups is 1. The van der Waals surface area contributed by atoms with Crippen LogP contribution in [-0.2, 0) is 4.74 Å². The SMILES string of the molecule is CC[C@H]1O[C@@H](n2nnc3c(NC(=O)c4ccccc4)ncnc32)[C@H](O)[C@@H]1N=[N+]=[N-]. The van der Waals surface area contributed by atoms with Gasteiger partial charge < -0.3 is 15.2 Å². The highest BCUT2D eigenvalue weighted by atomic mass is 16.5. The molecule has 1 saturated heterocycles. The van der Waals surface area contributed by atoms with Gasteiger partial charge in [0.25, 0.3) is 5.91 Å². The van der Waals surface area contributed by atoms with Gasteiger partial charge in [0, 0.05) is 10.5 Å². The zero-order chi connectivity index (χ0) is 20.4. The number of hydrogen-bond donors (Lipinski definition) is 2. The van der Waals surface area contributed by atoms with Crippen molar-refractivity contribution in [3.8, 4) is 0 Å². The lowest BCUT2D eigenvalue weighted by Crippen LogP contribution is -2.30. The van der Waals surface area contributed by atoms with Crippen molar-refractivity contribution in [1.29, 1.82) is 0 Å². The van der Waals surface area contributed by atoms with Gasteiger partial charge in [-0.3, -0.25) is 4.79 Å². The maximum Gasteiger partial charge on any atom is 0.256 e. The van der Waals surface area contributed by atoms with Crippen molar-refractivity contribution in [2.24, 2.45) is 5.11 Å². The molecule has 12 heteroatoms. The monoisotopic (exact) mass is 395 g/mol. The van der Waals surface area contributed by atoms with E-state index in [1.165, 1.54) is 11.0 Å². The summed E-state index contributed by atoms with van der Waals surface area (Å²) < 4.78 is 7.13. The molecule has 1 aliphatic rings. The number of carbonyl (C=O) groups excluding carboxylic acids is 1. The number of fused-ring (bicyclic) bond motifs is 1. The van der Waals surface area contributed by atoms with Gasteiger partial charge in [0.1, 0.15) is 12.4 Å². The lowest BCUT2D eigenvalue weighted by Gasteiger charge is -2.15. The molecule has 3 aromatic rings. The molecule has 1 amide bonds. The Labute approximate surface area is 164 Å². The minimum Gasteiger partial charge on any atom is -0.388 e. The Hall–Kier alpha value is -3.60. The third kappa shape index (κ3) is 3.36. The number of rotatable bonds is 5. The van der Waals surface area contributed by atoms with E-state index in [1.54, 1.807) is 24.3 Å². The number of azide groups is 1. The number of hydrogen-bond acceptors (Lipinski definition) is 8. The van der Waals surface area contributed by atoms with Crippen LogP contribution in [0.1, 0.15) is 29.9 Å². The highest BCUT2D eigenvalue weighted by molar-refractivity contribution is 6.06. The molecule has 2 N–H and O–H groups in total. The molecule has 0 spiro atoms. The molecule has 12 nitrogen and oxygen atoms in total. The number of nitrogens with one attached hydrogen (secondary N) is 1. The lowest BCUT2D eigenvalue weighted by atomic mass is 10.1. The normalized spacial score (nSPS) is 23.7. The van der Waals surface area contributed by atoms with Gasteiger partial charge in [0.05, 0.1) is 12.1 Å². The van der Waals surface area contributed by atoms with Gasteiger partial charge in [-0.1, -0.05) is 35.5 Å². The van der Waals surface area contributed by atoms with E-state index in [1.807, 2.05) is 13.0 Å². The molecule has 4 rings (SSSR count). The van der Waals surface area contributed by atoms with E-state index >= 15 is 0 Å². The fourth-order valence-corrected chi connectivity index (χ4v) is 3.27. The van der Waals surface area contributed by atoms with Crippen molar-refractivity contribution in [3.05, 3.63) is 52.7 Å².